The summed E-state index contributed by atoms with van der Waals surface area (Å²) in [6, 6.07) is 2.59. The number of fused-ring (bicyclic) bond motifs is 1. The van der Waals surface area contributed by atoms with E-state index < -0.39 is 10.5 Å². The van der Waals surface area contributed by atoms with Crippen molar-refractivity contribution in [2.24, 2.45) is 0 Å². The molecule has 0 bridgehead atoms. The quantitative estimate of drug-likeness (QED) is 0.503. The molecule has 0 unspecified atom stereocenters. The molecule has 1 aromatic rings. The number of hydrogen-bond acceptors (Lipinski definition) is 6. The van der Waals surface area contributed by atoms with Crippen LogP contribution in [-0.2, 0) is 4.74 Å². The van der Waals surface area contributed by atoms with Gasteiger partial charge in [0, 0.05) is 19.2 Å². The van der Waals surface area contributed by atoms with Crippen LogP contribution in [0.1, 0.15) is 19.4 Å². The lowest BCUT2D eigenvalue weighted by Gasteiger charge is -2.32. The van der Waals surface area contributed by atoms with Crippen molar-refractivity contribution < 1.29 is 24.2 Å². The van der Waals surface area contributed by atoms with E-state index in [0.717, 1.165) is 0 Å². The average molecular weight is 360 g/mol. The normalized spacial score (nSPS) is 16.2. The predicted octanol–water partition coefficient (Wildman–Crippen LogP) is 3.37. The zero-order chi connectivity index (χ0) is 15.8. The highest BCUT2D eigenvalue weighted by Crippen LogP contribution is 2.46. The summed E-state index contributed by atoms with van der Waals surface area (Å²) in [6.07, 6.45) is 0. The summed E-state index contributed by atoms with van der Waals surface area (Å²) in [4.78, 5) is 10.5. The number of hydrogen-bond donors (Lipinski definition) is 1. The molecule has 0 aromatic heterocycles. The van der Waals surface area contributed by atoms with Gasteiger partial charge in [0.2, 0.25) is 5.75 Å². The number of halogens is 1. The first-order valence-electron chi connectivity index (χ1n) is 6.00. The maximum absolute atomic E-state index is 11.1. The van der Waals surface area contributed by atoms with E-state index in [4.69, 9.17) is 14.2 Å². The Balaban J connectivity index is 2.59. The maximum Gasteiger partial charge on any atom is 0.312 e. The Bertz CT molecular complexity index is 625. The number of aliphatic hydroxyl groups is 1. The van der Waals surface area contributed by atoms with Crippen molar-refractivity contribution in [1.29, 1.82) is 0 Å². The van der Waals surface area contributed by atoms with Gasteiger partial charge in [-0.15, -0.1) is 0 Å². The molecule has 0 saturated heterocycles. The van der Waals surface area contributed by atoms with E-state index in [1.807, 2.05) is 0 Å². The highest BCUT2D eigenvalue weighted by atomic mass is 79.9. The molecule has 1 N–H and O–H groups in total. The number of nitro benzene ring substituents is 1. The first kappa shape index (κ1) is 15.6. The van der Waals surface area contributed by atoms with E-state index in [0.29, 0.717) is 10.2 Å². The second kappa shape index (κ2) is 5.53. The zero-order valence-electron chi connectivity index (χ0n) is 11.7. The Labute approximate surface area is 129 Å². The zero-order valence-corrected chi connectivity index (χ0v) is 13.3. The third-order valence-corrected chi connectivity index (χ3v) is 4.28. The number of nitrogens with zero attached hydrogens (tertiary/aromatic N) is 1. The molecule has 8 heteroatoms. The van der Waals surface area contributed by atoms with Crippen LogP contribution in [0.15, 0.2) is 16.6 Å². The number of methoxy groups -OCH3 is 1. The van der Waals surface area contributed by atoms with Crippen LogP contribution in [0.3, 0.4) is 0 Å². The van der Waals surface area contributed by atoms with Crippen molar-refractivity contribution in [3.05, 3.63) is 32.3 Å². The van der Waals surface area contributed by atoms with E-state index in [1.54, 1.807) is 13.8 Å². The third kappa shape index (κ3) is 2.81. The molecule has 0 fully saturated rings. The summed E-state index contributed by atoms with van der Waals surface area (Å²) in [5, 5.41) is 21.3. The summed E-state index contributed by atoms with van der Waals surface area (Å²) >= 11 is 3.25. The Morgan fingerprint density at radius 3 is 2.71 bits per heavy atom. The van der Waals surface area contributed by atoms with E-state index in [-0.39, 0.29) is 29.6 Å². The Kier molecular flexibility index (Phi) is 4.11. The molecule has 0 atom stereocenters. The first-order valence-corrected chi connectivity index (χ1v) is 6.80. The van der Waals surface area contributed by atoms with Gasteiger partial charge in [-0.25, -0.2) is 0 Å². The second-order valence-electron chi connectivity index (χ2n) is 4.90. The fourth-order valence-electron chi connectivity index (χ4n) is 1.92. The summed E-state index contributed by atoms with van der Waals surface area (Å²) in [5.74, 6) is 0.224. The van der Waals surface area contributed by atoms with Gasteiger partial charge in [-0.2, -0.15) is 0 Å². The molecule has 0 saturated carbocycles. The molecule has 0 amide bonds. The summed E-state index contributed by atoms with van der Waals surface area (Å²) in [7, 11) is 1.41. The van der Waals surface area contributed by atoms with Crippen molar-refractivity contribution in [3.8, 4) is 11.5 Å². The lowest BCUT2D eigenvalue weighted by atomic mass is 10.00. The number of ether oxygens (including phenoxy) is 3. The Hall–Kier alpha value is -1.80. The predicted molar refractivity (Wildman–Crippen MR) is 78.8 cm³/mol. The number of benzene rings is 1. The molecule has 21 heavy (non-hydrogen) atoms. The average Bonchev–Trinajstić information content (AvgIpc) is 2.41. The van der Waals surface area contributed by atoms with Gasteiger partial charge in [0.15, 0.2) is 6.79 Å². The smallest absolute Gasteiger partial charge is 0.312 e. The van der Waals surface area contributed by atoms with Gasteiger partial charge in [0.05, 0.1) is 15.0 Å². The SMILES string of the molecule is COCOc1cc2c(cc1[N+](=O)[O-])C(O)=C(Br)C(C)(C)O2. The standard InChI is InChI=1S/C13H14BrNO6/c1-13(2)12(14)11(16)7-4-8(15(17)18)10(20-6-19-3)5-9(7)21-13/h4-5,16H,6H2,1-3H3. The molecule has 0 aliphatic carbocycles. The van der Waals surface area contributed by atoms with Crippen molar-refractivity contribution in [2.45, 2.75) is 19.4 Å². The van der Waals surface area contributed by atoms with Crippen LogP contribution in [0.2, 0.25) is 0 Å². The lowest BCUT2D eigenvalue weighted by molar-refractivity contribution is -0.386. The molecule has 114 valence electrons. The molecular formula is C13H14BrNO6. The molecule has 2 rings (SSSR count). The highest BCUT2D eigenvalue weighted by Gasteiger charge is 2.36. The van der Waals surface area contributed by atoms with Crippen molar-refractivity contribution in [2.75, 3.05) is 13.9 Å². The fraction of sp³-hybridized carbons (Fsp3) is 0.385. The van der Waals surface area contributed by atoms with Gasteiger partial charge in [-0.3, -0.25) is 10.1 Å². The van der Waals surface area contributed by atoms with Crippen molar-refractivity contribution in [3.63, 3.8) is 0 Å². The van der Waals surface area contributed by atoms with Gasteiger partial charge in [0.1, 0.15) is 17.1 Å². The van der Waals surface area contributed by atoms with E-state index in [2.05, 4.69) is 15.9 Å². The topological polar surface area (TPSA) is 91.1 Å². The summed E-state index contributed by atoms with van der Waals surface area (Å²) in [5.41, 5.74) is -0.829. The van der Waals surface area contributed by atoms with Gasteiger partial charge in [-0.05, 0) is 29.8 Å². The number of nitro groups is 1. The maximum atomic E-state index is 11.1. The van der Waals surface area contributed by atoms with Crippen LogP contribution < -0.4 is 9.47 Å². The van der Waals surface area contributed by atoms with Crippen LogP contribution in [0.5, 0.6) is 11.5 Å². The van der Waals surface area contributed by atoms with Crippen LogP contribution in [0.25, 0.3) is 5.76 Å². The van der Waals surface area contributed by atoms with Crippen LogP contribution in [0, 0.1) is 10.1 Å². The molecule has 0 spiro atoms. The van der Waals surface area contributed by atoms with E-state index >= 15 is 0 Å². The fourth-order valence-corrected chi connectivity index (χ4v) is 2.22. The number of rotatable bonds is 4. The second-order valence-corrected chi connectivity index (χ2v) is 5.69. The van der Waals surface area contributed by atoms with Gasteiger partial charge in [0.25, 0.3) is 0 Å². The molecular weight excluding hydrogens is 346 g/mol. The largest absolute Gasteiger partial charge is 0.506 e. The van der Waals surface area contributed by atoms with Gasteiger partial charge >= 0.3 is 5.69 Å². The van der Waals surface area contributed by atoms with Crippen molar-refractivity contribution in [1.82, 2.24) is 0 Å². The van der Waals surface area contributed by atoms with Gasteiger partial charge in [-0.1, -0.05) is 0 Å². The van der Waals surface area contributed by atoms with Crippen LogP contribution in [-0.4, -0.2) is 29.5 Å². The molecule has 1 aliphatic heterocycles. The molecule has 0 radical (unpaired) electrons. The summed E-state index contributed by atoms with van der Waals surface area (Å²) < 4.78 is 16.1. The van der Waals surface area contributed by atoms with Gasteiger partial charge < -0.3 is 19.3 Å². The molecule has 7 nitrogen and oxygen atoms in total. The minimum atomic E-state index is -0.786. The lowest BCUT2D eigenvalue weighted by Crippen LogP contribution is -2.32. The number of aliphatic hydroxyl groups excluding tert-OH is 1. The van der Waals surface area contributed by atoms with Crippen LogP contribution >= 0.6 is 15.9 Å². The molecule has 1 heterocycles. The highest BCUT2D eigenvalue weighted by molar-refractivity contribution is 9.12. The minimum Gasteiger partial charge on any atom is -0.506 e. The minimum absolute atomic E-state index is 0.0159. The van der Waals surface area contributed by atoms with E-state index in [9.17, 15) is 15.2 Å². The van der Waals surface area contributed by atoms with Crippen LogP contribution in [0.4, 0.5) is 5.69 Å². The Morgan fingerprint density at radius 1 is 1.48 bits per heavy atom. The Morgan fingerprint density at radius 2 is 2.14 bits per heavy atom. The monoisotopic (exact) mass is 359 g/mol. The molecule has 1 aromatic carbocycles. The van der Waals surface area contributed by atoms with E-state index in [1.165, 1.54) is 19.2 Å². The first-order chi connectivity index (χ1) is 9.77. The van der Waals surface area contributed by atoms with Crippen molar-refractivity contribution >= 4 is 27.4 Å². The molecule has 1 aliphatic rings. The third-order valence-electron chi connectivity index (χ3n) is 2.95. The summed E-state index contributed by atoms with van der Waals surface area (Å²) in [6.45, 7) is 3.38.